The Bertz CT molecular complexity index is 920. The molecule has 4 atom stereocenters. The van der Waals surface area contributed by atoms with E-state index in [9.17, 15) is 14.4 Å². The number of likely N-dealkylation sites (tertiary alicyclic amines) is 1. The van der Waals surface area contributed by atoms with Gasteiger partial charge in [0.25, 0.3) is 5.91 Å². The fourth-order valence-corrected chi connectivity index (χ4v) is 6.27. The highest BCUT2D eigenvalue weighted by atomic mass is 16.2. The second-order valence-corrected chi connectivity index (χ2v) is 9.93. The maximum atomic E-state index is 13.1. The van der Waals surface area contributed by atoms with Gasteiger partial charge < -0.3 is 20.9 Å². The van der Waals surface area contributed by atoms with Gasteiger partial charge in [0, 0.05) is 44.1 Å². The lowest BCUT2D eigenvalue weighted by molar-refractivity contribution is -0.139. The summed E-state index contributed by atoms with van der Waals surface area (Å²) in [7, 11) is 0. The van der Waals surface area contributed by atoms with Crippen molar-refractivity contribution in [3.05, 3.63) is 23.9 Å². The number of carbonyl (C=O) groups excluding carboxylic acids is 3. The smallest absolute Gasteiger partial charge is 0.256 e. The molecule has 1 saturated heterocycles. The molecule has 3 amide bonds. The Morgan fingerprint density at radius 2 is 2.23 bits per heavy atom. The molecule has 8 nitrogen and oxygen atoms in total. The molecule has 4 fully saturated rings. The summed E-state index contributed by atoms with van der Waals surface area (Å²) in [4.78, 5) is 43.8. The van der Waals surface area contributed by atoms with E-state index in [0.29, 0.717) is 30.8 Å². The maximum absolute atomic E-state index is 13.1. The number of nitrogens with one attached hydrogen (secondary N) is 3. The van der Waals surface area contributed by atoms with Crippen LogP contribution in [0.3, 0.4) is 0 Å². The first-order valence-corrected chi connectivity index (χ1v) is 11.5. The van der Waals surface area contributed by atoms with Gasteiger partial charge >= 0.3 is 0 Å². The SMILES string of the molecule is C[C@@]12CC[C@@H](C[C@@H]1C(=O)NCCCN1CCCC1=O)[C@@]1(C2)NC(=O)c2cccnc2N1. The van der Waals surface area contributed by atoms with Crippen molar-refractivity contribution in [2.45, 2.75) is 57.5 Å². The van der Waals surface area contributed by atoms with Crippen molar-refractivity contribution >= 4 is 23.5 Å². The molecule has 2 bridgehead atoms. The molecule has 31 heavy (non-hydrogen) atoms. The largest absolute Gasteiger partial charge is 0.356 e. The zero-order chi connectivity index (χ0) is 21.6. The molecule has 0 unspecified atom stereocenters. The quantitative estimate of drug-likeness (QED) is 0.625. The van der Waals surface area contributed by atoms with E-state index in [-0.39, 0.29) is 35.0 Å². The van der Waals surface area contributed by atoms with Crippen LogP contribution in [0.15, 0.2) is 18.3 Å². The molecular weight excluding hydrogens is 394 g/mol. The third kappa shape index (κ3) is 3.46. The predicted molar refractivity (Wildman–Crippen MR) is 115 cm³/mol. The third-order valence-electron chi connectivity index (χ3n) is 7.93. The number of hydrogen-bond acceptors (Lipinski definition) is 5. The lowest BCUT2D eigenvalue weighted by Gasteiger charge is -2.60. The van der Waals surface area contributed by atoms with Gasteiger partial charge in [-0.05, 0) is 56.1 Å². The highest BCUT2D eigenvalue weighted by Crippen LogP contribution is 2.58. The fraction of sp³-hybridized carbons (Fsp3) is 0.652. The molecule has 3 N–H and O–H groups in total. The Balaban J connectivity index is 1.23. The van der Waals surface area contributed by atoms with Gasteiger partial charge in [-0.3, -0.25) is 14.4 Å². The van der Waals surface area contributed by atoms with Crippen LogP contribution in [0.5, 0.6) is 0 Å². The van der Waals surface area contributed by atoms with Gasteiger partial charge in [-0.1, -0.05) is 6.92 Å². The van der Waals surface area contributed by atoms with Crippen LogP contribution >= 0.6 is 0 Å². The maximum Gasteiger partial charge on any atom is 0.256 e. The summed E-state index contributed by atoms with van der Waals surface area (Å²) in [6.07, 6.45) is 7.51. The zero-order valence-electron chi connectivity index (χ0n) is 18.1. The molecule has 3 heterocycles. The van der Waals surface area contributed by atoms with E-state index in [4.69, 9.17) is 0 Å². The summed E-state index contributed by atoms with van der Waals surface area (Å²) in [5.74, 6) is 1.01. The minimum absolute atomic E-state index is 0.0610. The van der Waals surface area contributed by atoms with E-state index in [0.717, 1.165) is 45.2 Å². The predicted octanol–water partition coefficient (Wildman–Crippen LogP) is 1.89. The first-order chi connectivity index (χ1) is 14.9. The second kappa shape index (κ2) is 7.50. The van der Waals surface area contributed by atoms with Crippen LogP contribution in [-0.2, 0) is 9.59 Å². The minimum atomic E-state index is -0.529. The van der Waals surface area contributed by atoms with Crippen molar-refractivity contribution in [2.75, 3.05) is 25.0 Å². The minimum Gasteiger partial charge on any atom is -0.356 e. The standard InChI is InChI=1S/C23H31N5O3/c1-22-8-7-15(23(14-22)26-19-16(20(30)27-23)5-2-9-24-19)13-17(22)21(31)25-10-4-12-28-11-3-6-18(28)29/h2,5,9,15,17H,3-4,6-8,10-14H2,1H3,(H,24,26)(H,25,31)(H,27,30)/t15-,17+,22-,23+/m0/s1. The Kier molecular flexibility index (Phi) is 4.90. The van der Waals surface area contributed by atoms with E-state index >= 15 is 0 Å². The zero-order valence-corrected chi connectivity index (χ0v) is 18.1. The molecule has 1 aromatic rings. The van der Waals surface area contributed by atoms with E-state index in [2.05, 4.69) is 27.9 Å². The molecular formula is C23H31N5O3. The normalized spacial score (nSPS) is 33.8. The number of aromatic nitrogens is 1. The Morgan fingerprint density at radius 3 is 3.00 bits per heavy atom. The Hall–Kier alpha value is -2.64. The average Bonchev–Trinajstić information content (AvgIpc) is 3.15. The molecule has 0 aromatic carbocycles. The van der Waals surface area contributed by atoms with Gasteiger partial charge in [-0.15, -0.1) is 0 Å². The van der Waals surface area contributed by atoms with Crippen molar-refractivity contribution in [3.8, 4) is 0 Å². The van der Waals surface area contributed by atoms with Gasteiger partial charge in [0.2, 0.25) is 11.8 Å². The highest BCUT2D eigenvalue weighted by Gasteiger charge is 2.60. The van der Waals surface area contributed by atoms with Crippen LogP contribution < -0.4 is 16.0 Å². The van der Waals surface area contributed by atoms with Gasteiger partial charge in [-0.2, -0.15) is 0 Å². The molecule has 5 aliphatic rings. The van der Waals surface area contributed by atoms with Crippen LogP contribution in [-0.4, -0.2) is 52.9 Å². The molecule has 3 aliphatic carbocycles. The molecule has 1 aromatic heterocycles. The summed E-state index contributed by atoms with van der Waals surface area (Å²) in [5, 5.41) is 9.89. The van der Waals surface area contributed by atoms with Gasteiger partial charge in [0.05, 0.1) is 5.56 Å². The third-order valence-corrected chi connectivity index (χ3v) is 7.93. The summed E-state index contributed by atoms with van der Waals surface area (Å²) < 4.78 is 0. The van der Waals surface area contributed by atoms with Crippen LogP contribution in [0, 0.1) is 17.3 Å². The van der Waals surface area contributed by atoms with Crippen LogP contribution in [0.2, 0.25) is 0 Å². The topological polar surface area (TPSA) is 103 Å². The summed E-state index contributed by atoms with van der Waals surface area (Å²) >= 11 is 0. The lowest BCUT2D eigenvalue weighted by Crippen LogP contribution is -2.70. The van der Waals surface area contributed by atoms with Crippen molar-refractivity contribution in [3.63, 3.8) is 0 Å². The van der Waals surface area contributed by atoms with E-state index in [1.54, 1.807) is 18.3 Å². The van der Waals surface area contributed by atoms with Crippen LogP contribution in [0.25, 0.3) is 0 Å². The van der Waals surface area contributed by atoms with Gasteiger partial charge in [0.1, 0.15) is 11.5 Å². The number of rotatable bonds is 5. The van der Waals surface area contributed by atoms with Crippen molar-refractivity contribution in [1.29, 1.82) is 0 Å². The molecule has 3 saturated carbocycles. The first-order valence-electron chi connectivity index (χ1n) is 11.5. The van der Waals surface area contributed by atoms with Crippen molar-refractivity contribution < 1.29 is 14.4 Å². The number of pyridine rings is 1. The van der Waals surface area contributed by atoms with Crippen LogP contribution in [0.1, 0.15) is 62.2 Å². The molecule has 6 rings (SSSR count). The number of nitrogens with zero attached hydrogens (tertiary/aromatic N) is 2. The fourth-order valence-electron chi connectivity index (χ4n) is 6.27. The molecule has 1 spiro atoms. The second-order valence-electron chi connectivity index (χ2n) is 9.93. The molecule has 166 valence electrons. The molecule has 0 radical (unpaired) electrons. The van der Waals surface area contributed by atoms with Crippen molar-refractivity contribution in [1.82, 2.24) is 20.5 Å². The van der Waals surface area contributed by atoms with Gasteiger partial charge in [-0.25, -0.2) is 4.98 Å². The highest BCUT2D eigenvalue weighted by molar-refractivity contribution is 6.01. The first kappa shape index (κ1) is 20.3. The number of hydrogen-bond donors (Lipinski definition) is 3. The Labute approximate surface area is 182 Å². The summed E-state index contributed by atoms with van der Waals surface area (Å²) in [6, 6.07) is 3.55. The summed E-state index contributed by atoms with van der Waals surface area (Å²) in [5.41, 5.74) is -0.139. The number of carbonyl (C=O) groups is 3. The van der Waals surface area contributed by atoms with Crippen molar-refractivity contribution in [2.24, 2.45) is 17.3 Å². The number of amides is 3. The monoisotopic (exact) mass is 425 g/mol. The van der Waals surface area contributed by atoms with Crippen LogP contribution in [0.4, 0.5) is 5.82 Å². The summed E-state index contributed by atoms with van der Waals surface area (Å²) in [6.45, 7) is 4.33. The van der Waals surface area contributed by atoms with Gasteiger partial charge in [0.15, 0.2) is 0 Å². The van der Waals surface area contributed by atoms with E-state index in [1.807, 2.05) is 4.90 Å². The lowest BCUT2D eigenvalue weighted by atomic mass is 9.51. The number of anilines is 1. The Morgan fingerprint density at radius 1 is 1.35 bits per heavy atom. The van der Waals surface area contributed by atoms with E-state index in [1.165, 1.54) is 0 Å². The average molecular weight is 426 g/mol. The number of fused-ring (bicyclic) bond motifs is 3. The molecule has 2 aliphatic heterocycles. The molecule has 8 heteroatoms. The van der Waals surface area contributed by atoms with E-state index < -0.39 is 5.66 Å².